The predicted molar refractivity (Wildman–Crippen MR) is 90.1 cm³/mol. The fraction of sp³-hybridized carbons (Fsp3) is 0.867. The number of likely N-dealkylation sites (tertiary alicyclic amines) is 1. The minimum absolute atomic E-state index is 0.0339. The molecule has 6 nitrogen and oxygen atoms in total. The van der Waals surface area contributed by atoms with Gasteiger partial charge in [0, 0.05) is 52.4 Å². The number of piperazine rings is 1. The lowest BCUT2D eigenvalue weighted by atomic mass is 10.1. The normalized spacial score (nSPS) is 19.9. The summed E-state index contributed by atoms with van der Waals surface area (Å²) < 4.78 is 0. The van der Waals surface area contributed by atoms with Gasteiger partial charge in [-0.25, -0.2) is 0 Å². The van der Waals surface area contributed by atoms with Crippen LogP contribution in [0, 0.1) is 0 Å². The summed E-state index contributed by atoms with van der Waals surface area (Å²) in [5, 5.41) is 6.25. The van der Waals surface area contributed by atoms with Crippen LogP contribution in [0.5, 0.6) is 0 Å². The SMILES string of the molecule is O=C(CSCC(=O)N1CCCCC1)NCCN1CCNCC1. The summed E-state index contributed by atoms with van der Waals surface area (Å²) in [6.45, 7) is 7.53. The van der Waals surface area contributed by atoms with Crippen LogP contribution in [0.1, 0.15) is 19.3 Å². The molecule has 0 saturated carbocycles. The second kappa shape index (κ2) is 10.1. The zero-order valence-corrected chi connectivity index (χ0v) is 14.1. The zero-order valence-electron chi connectivity index (χ0n) is 13.3. The lowest BCUT2D eigenvalue weighted by molar-refractivity contribution is -0.129. The molecule has 2 amide bonds. The minimum Gasteiger partial charge on any atom is -0.354 e. The lowest BCUT2D eigenvalue weighted by Crippen LogP contribution is -2.46. The quantitative estimate of drug-likeness (QED) is 0.675. The Hall–Kier alpha value is -0.790. The highest BCUT2D eigenvalue weighted by molar-refractivity contribution is 8.00. The van der Waals surface area contributed by atoms with E-state index in [9.17, 15) is 9.59 Å². The Morgan fingerprint density at radius 1 is 1.00 bits per heavy atom. The van der Waals surface area contributed by atoms with Crippen LogP contribution in [0.4, 0.5) is 0 Å². The van der Waals surface area contributed by atoms with Gasteiger partial charge in [-0.3, -0.25) is 14.5 Å². The second-order valence-corrected chi connectivity index (χ2v) is 6.86. The Kier molecular flexibility index (Phi) is 8.04. The number of hydrogen-bond donors (Lipinski definition) is 2. The summed E-state index contributed by atoms with van der Waals surface area (Å²) >= 11 is 1.42. The van der Waals surface area contributed by atoms with Gasteiger partial charge in [-0.1, -0.05) is 0 Å². The fourth-order valence-corrected chi connectivity index (χ4v) is 3.55. The molecule has 126 valence electrons. The largest absolute Gasteiger partial charge is 0.354 e. The number of hydrogen-bond acceptors (Lipinski definition) is 5. The van der Waals surface area contributed by atoms with Crippen molar-refractivity contribution < 1.29 is 9.59 Å². The molecule has 2 N–H and O–H groups in total. The number of nitrogens with zero attached hydrogens (tertiary/aromatic N) is 2. The monoisotopic (exact) mass is 328 g/mol. The van der Waals surface area contributed by atoms with Crippen LogP contribution in [0.15, 0.2) is 0 Å². The molecule has 0 unspecified atom stereocenters. The van der Waals surface area contributed by atoms with E-state index < -0.39 is 0 Å². The van der Waals surface area contributed by atoms with Gasteiger partial charge in [0.1, 0.15) is 0 Å². The van der Waals surface area contributed by atoms with E-state index in [2.05, 4.69) is 15.5 Å². The van der Waals surface area contributed by atoms with Gasteiger partial charge < -0.3 is 15.5 Å². The summed E-state index contributed by atoms with van der Waals surface area (Å²) in [6, 6.07) is 0. The Morgan fingerprint density at radius 3 is 2.45 bits per heavy atom. The Labute approximate surface area is 137 Å². The molecule has 0 aliphatic carbocycles. The van der Waals surface area contributed by atoms with E-state index in [-0.39, 0.29) is 11.8 Å². The first-order valence-corrected chi connectivity index (χ1v) is 9.46. The molecule has 0 aromatic heterocycles. The average molecular weight is 328 g/mol. The van der Waals surface area contributed by atoms with E-state index in [4.69, 9.17) is 0 Å². The number of piperidine rings is 1. The third-order valence-corrected chi connectivity index (χ3v) is 5.04. The topological polar surface area (TPSA) is 64.7 Å². The molecule has 22 heavy (non-hydrogen) atoms. The van der Waals surface area contributed by atoms with Gasteiger partial charge in [0.05, 0.1) is 11.5 Å². The van der Waals surface area contributed by atoms with Crippen LogP contribution in [-0.4, -0.2) is 85.5 Å². The van der Waals surface area contributed by atoms with Gasteiger partial charge in [0.15, 0.2) is 0 Å². The van der Waals surface area contributed by atoms with Crippen molar-refractivity contribution in [3.05, 3.63) is 0 Å². The first kappa shape index (κ1) is 17.6. The first-order chi connectivity index (χ1) is 10.8. The van der Waals surface area contributed by atoms with Crippen molar-refractivity contribution in [2.24, 2.45) is 0 Å². The second-order valence-electron chi connectivity index (χ2n) is 5.88. The maximum absolute atomic E-state index is 12.0. The molecule has 0 aromatic carbocycles. The van der Waals surface area contributed by atoms with Crippen molar-refractivity contribution in [2.45, 2.75) is 19.3 Å². The number of carbonyl (C=O) groups is 2. The number of carbonyl (C=O) groups excluding carboxylic acids is 2. The van der Waals surface area contributed by atoms with E-state index >= 15 is 0 Å². The van der Waals surface area contributed by atoms with Crippen molar-refractivity contribution in [1.29, 1.82) is 0 Å². The number of nitrogens with one attached hydrogen (secondary N) is 2. The van der Waals surface area contributed by atoms with Crippen molar-refractivity contribution in [3.8, 4) is 0 Å². The van der Waals surface area contributed by atoms with Gasteiger partial charge in [-0.05, 0) is 19.3 Å². The molecule has 2 fully saturated rings. The smallest absolute Gasteiger partial charge is 0.232 e. The number of rotatable bonds is 7. The minimum atomic E-state index is 0.0339. The predicted octanol–water partition coefficient (Wildman–Crippen LogP) is -0.246. The highest BCUT2D eigenvalue weighted by Gasteiger charge is 2.16. The summed E-state index contributed by atoms with van der Waals surface area (Å²) in [4.78, 5) is 28.0. The Morgan fingerprint density at radius 2 is 1.73 bits per heavy atom. The van der Waals surface area contributed by atoms with E-state index in [0.717, 1.165) is 58.7 Å². The van der Waals surface area contributed by atoms with E-state index in [1.807, 2.05) is 4.90 Å². The standard InChI is InChI=1S/C15H28N4O2S/c20-14(17-6-11-18-9-4-16-5-10-18)12-22-13-15(21)19-7-2-1-3-8-19/h16H,1-13H2,(H,17,20). The highest BCUT2D eigenvalue weighted by Crippen LogP contribution is 2.11. The molecule has 7 heteroatoms. The van der Waals surface area contributed by atoms with E-state index in [0.29, 0.717) is 18.1 Å². The number of thioether (sulfide) groups is 1. The van der Waals surface area contributed by atoms with Crippen LogP contribution in [0.25, 0.3) is 0 Å². The van der Waals surface area contributed by atoms with Crippen LogP contribution in [-0.2, 0) is 9.59 Å². The fourth-order valence-electron chi connectivity index (χ4n) is 2.80. The van der Waals surface area contributed by atoms with Gasteiger partial charge in [-0.15, -0.1) is 11.8 Å². The van der Waals surface area contributed by atoms with Crippen LogP contribution in [0.3, 0.4) is 0 Å². The molecule has 0 spiro atoms. The van der Waals surface area contributed by atoms with Crippen LogP contribution in [0.2, 0.25) is 0 Å². The van der Waals surface area contributed by atoms with Crippen molar-refractivity contribution in [1.82, 2.24) is 20.4 Å². The zero-order chi connectivity index (χ0) is 15.6. The van der Waals surface area contributed by atoms with Gasteiger partial charge in [0.25, 0.3) is 0 Å². The maximum atomic E-state index is 12.0. The Bertz CT molecular complexity index is 355. The molecule has 0 aromatic rings. The molecule has 2 aliphatic heterocycles. The van der Waals surface area contributed by atoms with Gasteiger partial charge in [0.2, 0.25) is 11.8 Å². The lowest BCUT2D eigenvalue weighted by Gasteiger charge is -2.27. The van der Waals surface area contributed by atoms with Crippen molar-refractivity contribution in [2.75, 3.05) is 63.9 Å². The third-order valence-electron chi connectivity index (χ3n) is 4.13. The molecular weight excluding hydrogens is 300 g/mol. The number of amides is 2. The summed E-state index contributed by atoms with van der Waals surface area (Å²) in [6.07, 6.45) is 3.46. The van der Waals surface area contributed by atoms with Crippen molar-refractivity contribution in [3.63, 3.8) is 0 Å². The molecule has 2 heterocycles. The molecule has 2 saturated heterocycles. The average Bonchev–Trinajstić information content (AvgIpc) is 2.56. The summed E-state index contributed by atoms with van der Waals surface area (Å²) in [5.74, 6) is 1.01. The summed E-state index contributed by atoms with van der Waals surface area (Å²) in [7, 11) is 0. The molecule has 0 bridgehead atoms. The Balaban J connectivity index is 1.49. The van der Waals surface area contributed by atoms with Gasteiger partial charge in [-0.2, -0.15) is 0 Å². The molecule has 2 aliphatic rings. The molecular formula is C15H28N4O2S. The van der Waals surface area contributed by atoms with Crippen molar-refractivity contribution >= 4 is 23.6 Å². The third kappa shape index (κ3) is 6.54. The maximum Gasteiger partial charge on any atom is 0.232 e. The molecule has 0 radical (unpaired) electrons. The van der Waals surface area contributed by atoms with E-state index in [1.54, 1.807) is 0 Å². The van der Waals surface area contributed by atoms with Crippen LogP contribution >= 0.6 is 11.8 Å². The highest BCUT2D eigenvalue weighted by atomic mass is 32.2. The summed E-state index contributed by atoms with van der Waals surface area (Å²) in [5.41, 5.74) is 0. The first-order valence-electron chi connectivity index (χ1n) is 8.31. The van der Waals surface area contributed by atoms with E-state index in [1.165, 1.54) is 18.2 Å². The molecule has 0 atom stereocenters. The molecule has 2 rings (SSSR count). The van der Waals surface area contributed by atoms with Gasteiger partial charge >= 0.3 is 0 Å². The van der Waals surface area contributed by atoms with Crippen LogP contribution < -0.4 is 10.6 Å².